The van der Waals surface area contributed by atoms with Crippen LogP contribution >= 0.6 is 0 Å². The Kier molecular flexibility index (Phi) is 9.47. The molecule has 1 aromatic carbocycles. The van der Waals surface area contributed by atoms with Gasteiger partial charge in [0.15, 0.2) is 0 Å². The number of alkyl carbamates (subject to hydrolysis) is 1. The lowest BCUT2D eigenvalue weighted by Gasteiger charge is -2.38. The number of halogens is 1. The van der Waals surface area contributed by atoms with Crippen molar-refractivity contribution in [2.75, 3.05) is 13.7 Å². The van der Waals surface area contributed by atoms with E-state index in [2.05, 4.69) is 10.6 Å². The zero-order valence-corrected chi connectivity index (χ0v) is 29.3. The molecule has 4 aliphatic rings. The van der Waals surface area contributed by atoms with Gasteiger partial charge in [-0.3, -0.25) is 9.59 Å². The van der Waals surface area contributed by atoms with Crippen LogP contribution in [0.25, 0.3) is 10.9 Å². The molecule has 2 aromatic rings. The highest BCUT2D eigenvalue weighted by Gasteiger charge is 2.63. The molecule has 0 unspecified atom stereocenters. The first kappa shape index (κ1) is 35.4. The highest BCUT2D eigenvalue weighted by atomic mass is 19.1. The second-order valence-corrected chi connectivity index (χ2v) is 15.0. The number of hydrogen-bond acceptors (Lipinski definition) is 8. The third kappa shape index (κ3) is 6.83. The van der Waals surface area contributed by atoms with Crippen LogP contribution in [0.4, 0.5) is 9.18 Å². The molecule has 0 radical (unpaired) electrons. The fraction of sp³-hybridized carbons (Fsp3) is 0.595. The minimum Gasteiger partial charge on any atom is -0.497 e. The monoisotopic (exact) mass is 694 g/mol. The van der Waals surface area contributed by atoms with Gasteiger partial charge in [0.05, 0.1) is 24.9 Å². The summed E-state index contributed by atoms with van der Waals surface area (Å²) in [5, 5.41) is 16.3. The van der Waals surface area contributed by atoms with Crippen LogP contribution in [0.15, 0.2) is 30.4 Å². The van der Waals surface area contributed by atoms with Crippen LogP contribution in [0.3, 0.4) is 0 Å². The number of alkyl halides is 1. The highest BCUT2D eigenvalue weighted by molar-refractivity contribution is 5.96. The Morgan fingerprint density at radius 2 is 1.96 bits per heavy atom. The van der Waals surface area contributed by atoms with Crippen LogP contribution in [0.1, 0.15) is 96.5 Å². The van der Waals surface area contributed by atoms with E-state index in [-0.39, 0.29) is 38.0 Å². The number of aliphatic carboxylic acids is 1. The third-order valence-electron chi connectivity index (χ3n) is 10.2. The van der Waals surface area contributed by atoms with Crippen LogP contribution in [-0.2, 0) is 25.5 Å². The van der Waals surface area contributed by atoms with E-state index in [9.17, 15) is 24.3 Å². The number of pyridine rings is 1. The minimum atomic E-state index is -1.53. The maximum atomic E-state index is 16.7. The third-order valence-corrected chi connectivity index (χ3v) is 10.2. The number of carboxylic acids is 1. The Morgan fingerprint density at radius 3 is 2.66 bits per heavy atom. The SMILES string of the molecule is CCc1nc2ccc(OC)cc2c2c1O[C@]1(C[C@H]2F)C[C@H]2C(=O)N[C@]3(C(=O)O)C[C@H]3/C=C\CCCCC[C@H](NC(=O)OC(C)(C)C)C(=O)N2C1. The average Bonchev–Trinajstić information content (AvgIpc) is 3.63. The molecular formula is C37H47FN4O8. The van der Waals surface area contributed by atoms with E-state index in [1.54, 1.807) is 39.0 Å². The molecule has 6 atom stereocenters. The lowest BCUT2D eigenvalue weighted by Crippen LogP contribution is -2.56. The maximum Gasteiger partial charge on any atom is 0.408 e. The molecule has 12 nitrogen and oxygen atoms in total. The molecule has 1 aromatic heterocycles. The van der Waals surface area contributed by atoms with Gasteiger partial charge in [-0.25, -0.2) is 19.0 Å². The molecule has 13 heteroatoms. The zero-order valence-electron chi connectivity index (χ0n) is 29.3. The van der Waals surface area contributed by atoms with E-state index in [0.717, 1.165) is 19.3 Å². The number of nitrogens with zero attached hydrogens (tertiary/aromatic N) is 2. The van der Waals surface area contributed by atoms with Gasteiger partial charge < -0.3 is 34.9 Å². The molecular weight excluding hydrogens is 647 g/mol. The number of rotatable bonds is 4. The number of carboxylic acid groups (broad SMARTS) is 1. The molecule has 1 aliphatic carbocycles. The van der Waals surface area contributed by atoms with Crippen molar-refractivity contribution in [1.82, 2.24) is 20.5 Å². The second kappa shape index (κ2) is 13.4. The van der Waals surface area contributed by atoms with Crippen molar-refractivity contribution in [3.63, 3.8) is 0 Å². The number of ether oxygens (including phenoxy) is 3. The summed E-state index contributed by atoms with van der Waals surface area (Å²) < 4.78 is 34.3. The number of amides is 3. The summed E-state index contributed by atoms with van der Waals surface area (Å²) in [7, 11) is 1.53. The van der Waals surface area contributed by atoms with Crippen LogP contribution in [-0.4, -0.2) is 81.3 Å². The fourth-order valence-electron chi connectivity index (χ4n) is 7.64. The van der Waals surface area contributed by atoms with Crippen LogP contribution in [0.5, 0.6) is 11.5 Å². The maximum absolute atomic E-state index is 16.7. The number of benzene rings is 1. The fourth-order valence-corrected chi connectivity index (χ4v) is 7.64. The summed E-state index contributed by atoms with van der Waals surface area (Å²) in [5.74, 6) is -1.95. The normalized spacial score (nSPS) is 30.5. The quantitative estimate of drug-likeness (QED) is 0.361. The Balaban J connectivity index is 1.39. The molecule has 50 heavy (non-hydrogen) atoms. The van der Waals surface area contributed by atoms with Gasteiger partial charge in [-0.05, 0) is 71.1 Å². The van der Waals surface area contributed by atoms with Crippen molar-refractivity contribution >= 4 is 34.8 Å². The molecule has 1 saturated carbocycles. The lowest BCUT2D eigenvalue weighted by molar-refractivity contribution is -0.145. The van der Waals surface area contributed by atoms with Gasteiger partial charge in [-0.2, -0.15) is 0 Å². The molecule has 3 aliphatic heterocycles. The van der Waals surface area contributed by atoms with Crippen molar-refractivity contribution in [3.05, 3.63) is 41.6 Å². The Morgan fingerprint density at radius 1 is 1.18 bits per heavy atom. The molecule has 3 amide bonds. The van der Waals surface area contributed by atoms with E-state index < -0.39 is 64.8 Å². The highest BCUT2D eigenvalue weighted by Crippen LogP contribution is 2.51. The van der Waals surface area contributed by atoms with Gasteiger partial charge in [-0.1, -0.05) is 31.9 Å². The number of allylic oxidation sites excluding steroid dienone is 1. The Labute approximate surface area is 291 Å². The topological polar surface area (TPSA) is 156 Å². The summed E-state index contributed by atoms with van der Waals surface area (Å²) in [5.41, 5.74) is -2.17. The van der Waals surface area contributed by atoms with Crippen LogP contribution in [0.2, 0.25) is 0 Å². The lowest BCUT2D eigenvalue weighted by atomic mass is 9.85. The van der Waals surface area contributed by atoms with Crippen molar-refractivity contribution < 1.29 is 42.9 Å². The predicted molar refractivity (Wildman–Crippen MR) is 182 cm³/mol. The van der Waals surface area contributed by atoms with Gasteiger partial charge in [0.25, 0.3) is 0 Å². The van der Waals surface area contributed by atoms with Crippen LogP contribution < -0.4 is 20.1 Å². The van der Waals surface area contributed by atoms with Crippen molar-refractivity contribution in [3.8, 4) is 11.5 Å². The summed E-state index contributed by atoms with van der Waals surface area (Å²) >= 11 is 0. The second-order valence-electron chi connectivity index (χ2n) is 15.0. The molecule has 1 spiro atoms. The molecule has 3 N–H and O–H groups in total. The largest absolute Gasteiger partial charge is 0.497 e. The molecule has 270 valence electrons. The first-order chi connectivity index (χ1) is 23.7. The number of carbonyl (C=O) groups excluding carboxylic acids is 3. The van der Waals surface area contributed by atoms with Gasteiger partial charge >= 0.3 is 12.1 Å². The van der Waals surface area contributed by atoms with E-state index in [4.69, 9.17) is 19.2 Å². The van der Waals surface area contributed by atoms with Gasteiger partial charge in [0.2, 0.25) is 11.8 Å². The number of nitrogens with one attached hydrogen (secondary N) is 2. The van der Waals surface area contributed by atoms with Crippen molar-refractivity contribution in [2.24, 2.45) is 5.92 Å². The first-order valence-corrected chi connectivity index (χ1v) is 17.5. The van der Waals surface area contributed by atoms with E-state index >= 15 is 4.39 Å². The predicted octanol–water partition coefficient (Wildman–Crippen LogP) is 5.31. The van der Waals surface area contributed by atoms with Crippen LogP contribution in [0, 0.1) is 5.92 Å². The number of aromatic nitrogens is 1. The van der Waals surface area contributed by atoms with E-state index in [1.807, 2.05) is 19.1 Å². The average molecular weight is 695 g/mol. The molecule has 0 bridgehead atoms. The summed E-state index contributed by atoms with van der Waals surface area (Å²) in [6.07, 6.45) is 5.07. The number of aryl methyl sites for hydroxylation is 1. The van der Waals surface area contributed by atoms with Crippen molar-refractivity contribution in [1.29, 1.82) is 0 Å². The molecule has 6 rings (SSSR count). The summed E-state index contributed by atoms with van der Waals surface area (Å²) in [4.78, 5) is 60.3. The van der Waals surface area contributed by atoms with Gasteiger partial charge in [-0.15, -0.1) is 0 Å². The van der Waals surface area contributed by atoms with Gasteiger partial charge in [0.1, 0.15) is 46.5 Å². The number of fused-ring (bicyclic) bond motifs is 5. The molecule has 1 saturated heterocycles. The Bertz CT molecular complexity index is 1730. The standard InChI is InChI=1S/C37H47FN4O8/c1-6-25-30-29(23-16-22(48-5)14-15-26(23)39-25)24(38)18-36(49-30)19-28-31(43)41-37(33(45)46)17-21(37)12-10-8-7-9-11-13-27(32(44)42(28)20-36)40-34(47)50-35(2,3)4/h10,12,14-16,21,24,27-28H,6-9,11,13,17-20H2,1-5H3,(H,40,47)(H,41,43)(H,45,46)/b12-10-/t21-,24-,27+,28+,36-,37-/m1/s1. The van der Waals surface area contributed by atoms with Gasteiger partial charge in [0, 0.05) is 29.7 Å². The molecule has 4 heterocycles. The van der Waals surface area contributed by atoms with Crippen molar-refractivity contribution in [2.45, 2.75) is 120 Å². The first-order valence-electron chi connectivity index (χ1n) is 17.5. The summed E-state index contributed by atoms with van der Waals surface area (Å²) in [6, 6.07) is 3.03. The summed E-state index contributed by atoms with van der Waals surface area (Å²) in [6.45, 7) is 6.90. The Hall–Kier alpha value is -4.42. The zero-order chi connectivity index (χ0) is 36.0. The number of methoxy groups -OCH3 is 1. The number of hydrogen-bond donors (Lipinski definition) is 3. The number of carbonyl (C=O) groups is 4. The van der Waals surface area contributed by atoms with E-state index in [1.165, 1.54) is 12.0 Å². The van der Waals surface area contributed by atoms with E-state index in [0.29, 0.717) is 40.8 Å². The minimum absolute atomic E-state index is 0.0842. The molecule has 2 fully saturated rings. The smallest absolute Gasteiger partial charge is 0.408 e.